The Balaban J connectivity index is 1.36. The number of benzene rings is 2. The van der Waals surface area contributed by atoms with Gasteiger partial charge in [-0.15, -0.1) is 0 Å². The first-order valence-electron chi connectivity index (χ1n) is 11.4. The van der Waals surface area contributed by atoms with Crippen LogP contribution < -0.4 is 4.74 Å². The lowest BCUT2D eigenvalue weighted by atomic mass is 9.91. The Kier molecular flexibility index (Phi) is 5.62. The second-order valence-corrected chi connectivity index (χ2v) is 9.24. The summed E-state index contributed by atoms with van der Waals surface area (Å²) in [7, 11) is 0. The molecule has 8 heteroatoms. The second kappa shape index (κ2) is 8.49. The molecule has 5 rings (SSSR count). The minimum Gasteiger partial charge on any atom is -0.489 e. The normalized spacial score (nSPS) is 20.1. The molecule has 0 radical (unpaired) electrons. The first kappa shape index (κ1) is 22.5. The van der Waals surface area contributed by atoms with E-state index in [0.717, 1.165) is 41.1 Å². The molecule has 5 nitrogen and oxygen atoms in total. The van der Waals surface area contributed by atoms with Crippen molar-refractivity contribution in [2.75, 3.05) is 0 Å². The van der Waals surface area contributed by atoms with Crippen molar-refractivity contribution >= 4 is 22.7 Å². The number of carboxylic acids is 1. The molecule has 178 valence electrons. The minimum atomic E-state index is -4.51. The lowest BCUT2D eigenvalue weighted by Gasteiger charge is -2.18. The highest BCUT2D eigenvalue weighted by Crippen LogP contribution is 2.42. The molecule has 0 saturated heterocycles. The summed E-state index contributed by atoms with van der Waals surface area (Å²) in [5.41, 5.74) is 2.81. The first-order valence-corrected chi connectivity index (χ1v) is 11.4. The summed E-state index contributed by atoms with van der Waals surface area (Å²) in [4.78, 5) is 26.0. The number of carbonyl (C=O) groups excluding carboxylic acids is 1. The molecule has 1 fully saturated rings. The summed E-state index contributed by atoms with van der Waals surface area (Å²) in [6.45, 7) is -0.0211. The van der Waals surface area contributed by atoms with E-state index < -0.39 is 17.7 Å². The minimum absolute atomic E-state index is 0.00597. The molecule has 3 aromatic rings. The molecule has 34 heavy (non-hydrogen) atoms. The maximum atomic E-state index is 13.8. The third kappa shape index (κ3) is 4.29. The van der Waals surface area contributed by atoms with E-state index >= 15 is 0 Å². The molecule has 1 heterocycles. The van der Waals surface area contributed by atoms with Crippen molar-refractivity contribution in [3.05, 3.63) is 64.3 Å². The van der Waals surface area contributed by atoms with Gasteiger partial charge >= 0.3 is 12.1 Å². The van der Waals surface area contributed by atoms with Gasteiger partial charge < -0.3 is 14.8 Å². The van der Waals surface area contributed by atoms with Crippen molar-refractivity contribution < 1.29 is 32.6 Å². The zero-order valence-electron chi connectivity index (χ0n) is 18.4. The van der Waals surface area contributed by atoms with Gasteiger partial charge in [-0.2, -0.15) is 13.2 Å². The van der Waals surface area contributed by atoms with Gasteiger partial charge in [-0.3, -0.25) is 9.59 Å². The predicted octanol–water partition coefficient (Wildman–Crippen LogP) is 6.11. The highest BCUT2D eigenvalue weighted by molar-refractivity contribution is 5.87. The number of Topliss-reactive ketones (excluding diaryl/α,β-unsaturated/α-hetero) is 1. The Labute approximate surface area is 193 Å². The van der Waals surface area contributed by atoms with Crippen molar-refractivity contribution in [1.82, 2.24) is 4.98 Å². The Bertz CT molecular complexity index is 1280. The fourth-order valence-corrected chi connectivity index (χ4v) is 5.37. The van der Waals surface area contributed by atoms with Gasteiger partial charge in [-0.05, 0) is 66.1 Å². The van der Waals surface area contributed by atoms with Crippen LogP contribution in [0.1, 0.15) is 71.9 Å². The van der Waals surface area contributed by atoms with E-state index in [0.29, 0.717) is 24.2 Å². The molecular formula is C26H24F3NO4. The van der Waals surface area contributed by atoms with Crippen molar-refractivity contribution in [1.29, 1.82) is 0 Å². The zero-order valence-corrected chi connectivity index (χ0v) is 18.4. The van der Waals surface area contributed by atoms with Crippen LogP contribution in [0.5, 0.6) is 5.75 Å². The van der Waals surface area contributed by atoms with Crippen molar-refractivity contribution in [2.45, 2.75) is 63.1 Å². The number of fused-ring (bicyclic) bond motifs is 3. The largest absolute Gasteiger partial charge is 0.489 e. The quantitative estimate of drug-likeness (QED) is 0.455. The van der Waals surface area contributed by atoms with Gasteiger partial charge in [0.05, 0.1) is 12.0 Å². The van der Waals surface area contributed by atoms with Crippen LogP contribution in [0.2, 0.25) is 0 Å². The Morgan fingerprint density at radius 1 is 1.12 bits per heavy atom. The number of halogens is 3. The number of carbonyl (C=O) groups is 2. The first-order chi connectivity index (χ1) is 16.2. The summed E-state index contributed by atoms with van der Waals surface area (Å²) in [6.07, 6.45) is -1.94. The smallest absolute Gasteiger partial charge is 0.416 e. The molecule has 0 aliphatic heterocycles. The molecule has 0 unspecified atom stereocenters. The number of aromatic amines is 1. The molecule has 1 saturated carbocycles. The number of hydrogen-bond donors (Lipinski definition) is 2. The molecule has 0 spiro atoms. The van der Waals surface area contributed by atoms with Crippen LogP contribution in [0.15, 0.2) is 36.4 Å². The maximum absolute atomic E-state index is 13.8. The fourth-order valence-electron chi connectivity index (χ4n) is 5.37. The number of aliphatic carboxylic acids is 1. The Morgan fingerprint density at radius 3 is 2.65 bits per heavy atom. The second-order valence-electron chi connectivity index (χ2n) is 9.24. The van der Waals surface area contributed by atoms with Crippen LogP contribution in [0, 0.1) is 0 Å². The van der Waals surface area contributed by atoms with Gasteiger partial charge in [0.25, 0.3) is 0 Å². The van der Waals surface area contributed by atoms with E-state index in [2.05, 4.69) is 4.98 Å². The fraction of sp³-hybridized carbons (Fsp3) is 0.385. The number of hydrogen-bond acceptors (Lipinski definition) is 3. The van der Waals surface area contributed by atoms with Crippen LogP contribution >= 0.6 is 0 Å². The molecule has 0 amide bonds. The topological polar surface area (TPSA) is 79.4 Å². The number of carboxylic acid groups (broad SMARTS) is 1. The summed E-state index contributed by atoms with van der Waals surface area (Å²) in [5, 5.41) is 10.1. The lowest BCUT2D eigenvalue weighted by molar-refractivity contribution is -0.139. The molecular weight excluding hydrogens is 447 g/mol. The SMILES string of the molecule is O=C(O)C[C@@H]1CCc2c1[nH]c1ccc(OCc3ccc([C@@H]4CCC(=O)C4)c(C(F)(F)F)c3)cc21. The molecule has 2 aliphatic rings. The number of rotatable bonds is 6. The molecule has 0 bridgehead atoms. The van der Waals surface area contributed by atoms with Crippen molar-refractivity contribution in [2.24, 2.45) is 0 Å². The number of nitrogens with one attached hydrogen (secondary N) is 1. The lowest BCUT2D eigenvalue weighted by Crippen LogP contribution is -2.12. The third-order valence-corrected chi connectivity index (χ3v) is 7.00. The molecule has 2 aromatic carbocycles. The monoisotopic (exact) mass is 471 g/mol. The van der Waals surface area contributed by atoms with Crippen LogP contribution in [0.4, 0.5) is 13.2 Å². The number of ketones is 1. The highest BCUT2D eigenvalue weighted by Gasteiger charge is 2.37. The van der Waals surface area contributed by atoms with Crippen LogP contribution in [0.25, 0.3) is 10.9 Å². The maximum Gasteiger partial charge on any atom is 0.416 e. The molecule has 1 aromatic heterocycles. The van der Waals surface area contributed by atoms with E-state index in [1.54, 1.807) is 12.1 Å². The molecule has 2 aliphatic carbocycles. The Morgan fingerprint density at radius 2 is 1.94 bits per heavy atom. The van der Waals surface area contributed by atoms with Gasteiger partial charge in [0.2, 0.25) is 0 Å². The summed E-state index contributed by atoms with van der Waals surface area (Å²) in [6, 6.07) is 9.70. The summed E-state index contributed by atoms with van der Waals surface area (Å²) >= 11 is 0. The van der Waals surface area contributed by atoms with Gasteiger partial charge in [-0.25, -0.2) is 0 Å². The van der Waals surface area contributed by atoms with E-state index in [1.807, 2.05) is 12.1 Å². The molecule has 2 N–H and O–H groups in total. The zero-order chi connectivity index (χ0) is 24.0. The van der Waals surface area contributed by atoms with Gasteiger partial charge in [0.1, 0.15) is 18.1 Å². The number of aromatic nitrogens is 1. The van der Waals surface area contributed by atoms with Crippen molar-refractivity contribution in [3.8, 4) is 5.75 Å². The van der Waals surface area contributed by atoms with E-state index in [9.17, 15) is 22.8 Å². The number of ether oxygens (including phenoxy) is 1. The number of aryl methyl sites for hydroxylation is 1. The van der Waals surface area contributed by atoms with Gasteiger partial charge in [-0.1, -0.05) is 12.1 Å². The third-order valence-electron chi connectivity index (χ3n) is 7.00. The van der Waals surface area contributed by atoms with Crippen LogP contribution in [-0.2, 0) is 28.8 Å². The summed E-state index contributed by atoms with van der Waals surface area (Å²) < 4.78 is 47.1. The number of alkyl halides is 3. The van der Waals surface area contributed by atoms with Crippen molar-refractivity contribution in [3.63, 3.8) is 0 Å². The number of H-pyrrole nitrogens is 1. The molecule has 2 atom stereocenters. The van der Waals surface area contributed by atoms with Crippen LogP contribution in [0.3, 0.4) is 0 Å². The Hall–Kier alpha value is -3.29. The average Bonchev–Trinajstić information content (AvgIpc) is 3.47. The highest BCUT2D eigenvalue weighted by atomic mass is 19.4. The predicted molar refractivity (Wildman–Crippen MR) is 119 cm³/mol. The summed E-state index contributed by atoms with van der Waals surface area (Å²) in [5.74, 6) is -0.716. The average molecular weight is 471 g/mol. The van der Waals surface area contributed by atoms with E-state index in [-0.39, 0.29) is 42.6 Å². The van der Waals surface area contributed by atoms with Crippen LogP contribution in [-0.4, -0.2) is 21.8 Å². The standard InChI is InChI=1S/C26H24F3NO4/c27-26(28,29)22-9-14(1-6-19(22)15-2-4-17(31)10-15)13-34-18-5-8-23-21(12-18)20-7-3-16(11-24(32)33)25(20)30-23/h1,5-6,8-9,12,15-16,30H,2-4,7,10-11,13H2,(H,32,33)/t15-,16+/m1/s1. The van der Waals surface area contributed by atoms with Gasteiger partial charge in [0, 0.05) is 35.4 Å². The van der Waals surface area contributed by atoms with E-state index in [4.69, 9.17) is 9.84 Å². The van der Waals surface area contributed by atoms with E-state index in [1.165, 1.54) is 6.07 Å². The van der Waals surface area contributed by atoms with Gasteiger partial charge in [0.15, 0.2) is 0 Å².